The summed E-state index contributed by atoms with van der Waals surface area (Å²) in [5.74, 6) is 1.82. The van der Waals surface area contributed by atoms with Gasteiger partial charge in [0.2, 0.25) is 0 Å². The van der Waals surface area contributed by atoms with Crippen LogP contribution in [0.3, 0.4) is 0 Å². The molecule has 2 heteroatoms. The van der Waals surface area contributed by atoms with Gasteiger partial charge in [-0.05, 0) is 76.3 Å². The Labute approximate surface area is 227 Å². The van der Waals surface area contributed by atoms with Gasteiger partial charge >= 0.3 is 0 Å². The first kappa shape index (κ1) is 24.7. The molecule has 1 aliphatic carbocycles. The van der Waals surface area contributed by atoms with Crippen LogP contribution >= 0.6 is 0 Å². The Balaban J connectivity index is 1.67. The summed E-state index contributed by atoms with van der Waals surface area (Å²) >= 11 is 0. The van der Waals surface area contributed by atoms with Gasteiger partial charge in [0.1, 0.15) is 5.82 Å². The van der Waals surface area contributed by atoms with E-state index in [4.69, 9.17) is 4.98 Å². The van der Waals surface area contributed by atoms with Crippen LogP contribution in [0, 0.1) is 0 Å². The smallest absolute Gasteiger partial charge is 0.145 e. The Morgan fingerprint density at radius 3 is 2.00 bits per heavy atom. The van der Waals surface area contributed by atoms with Crippen LogP contribution in [0.1, 0.15) is 88.5 Å². The Bertz CT molecular complexity index is 1620. The molecule has 0 aliphatic heterocycles. The summed E-state index contributed by atoms with van der Waals surface area (Å²) in [7, 11) is 0. The van der Waals surface area contributed by atoms with E-state index in [1.807, 2.05) is 0 Å². The van der Waals surface area contributed by atoms with Crippen LogP contribution in [0.4, 0.5) is 0 Å². The van der Waals surface area contributed by atoms with Crippen LogP contribution in [-0.2, 0) is 5.41 Å². The zero-order valence-corrected chi connectivity index (χ0v) is 23.5. The van der Waals surface area contributed by atoms with Gasteiger partial charge in [-0.2, -0.15) is 0 Å². The first-order chi connectivity index (χ1) is 18.4. The van der Waals surface area contributed by atoms with Crippen molar-refractivity contribution in [2.45, 2.75) is 71.6 Å². The van der Waals surface area contributed by atoms with Gasteiger partial charge in [0.25, 0.3) is 0 Å². The average molecular weight is 499 g/mol. The predicted molar refractivity (Wildman–Crippen MR) is 161 cm³/mol. The van der Waals surface area contributed by atoms with E-state index >= 15 is 0 Å². The topological polar surface area (TPSA) is 17.8 Å². The van der Waals surface area contributed by atoms with Crippen molar-refractivity contribution in [2.24, 2.45) is 0 Å². The molecule has 0 unspecified atom stereocenters. The fourth-order valence-electron chi connectivity index (χ4n) is 6.83. The highest BCUT2D eigenvalue weighted by Crippen LogP contribution is 2.53. The number of imidazole rings is 1. The summed E-state index contributed by atoms with van der Waals surface area (Å²) in [5, 5.41) is 0. The van der Waals surface area contributed by atoms with E-state index in [-0.39, 0.29) is 5.41 Å². The van der Waals surface area contributed by atoms with Crippen LogP contribution < -0.4 is 0 Å². The van der Waals surface area contributed by atoms with E-state index in [0.29, 0.717) is 11.8 Å². The number of benzene rings is 4. The quantitative estimate of drug-likeness (QED) is 0.228. The lowest BCUT2D eigenvalue weighted by Gasteiger charge is -2.29. The third-order valence-electron chi connectivity index (χ3n) is 8.86. The maximum Gasteiger partial charge on any atom is 0.145 e. The Morgan fingerprint density at radius 2 is 1.32 bits per heavy atom. The molecule has 0 spiro atoms. The molecular weight excluding hydrogens is 460 g/mol. The van der Waals surface area contributed by atoms with Crippen molar-refractivity contribution in [3.63, 3.8) is 0 Å². The molecule has 5 aromatic rings. The molecule has 1 heterocycles. The zero-order valence-electron chi connectivity index (χ0n) is 23.5. The first-order valence-corrected chi connectivity index (χ1v) is 14.3. The number of fused-ring (bicyclic) bond motifs is 4. The molecule has 0 fully saturated rings. The van der Waals surface area contributed by atoms with Gasteiger partial charge in [-0.25, -0.2) is 4.98 Å². The second kappa shape index (κ2) is 9.27. The number of hydrogen-bond donors (Lipinski definition) is 0. The molecule has 4 aromatic carbocycles. The molecule has 0 amide bonds. The molecule has 0 N–H and O–H groups in total. The van der Waals surface area contributed by atoms with Crippen LogP contribution in [0.15, 0.2) is 84.9 Å². The van der Waals surface area contributed by atoms with E-state index in [1.54, 1.807) is 0 Å². The number of rotatable bonds is 6. The van der Waals surface area contributed by atoms with E-state index in [0.717, 1.165) is 29.7 Å². The van der Waals surface area contributed by atoms with Crippen LogP contribution in [-0.4, -0.2) is 9.55 Å². The highest BCUT2D eigenvalue weighted by atomic mass is 15.1. The summed E-state index contributed by atoms with van der Waals surface area (Å²) in [6.45, 7) is 13.8. The second-order valence-corrected chi connectivity index (χ2v) is 11.4. The Kier molecular flexibility index (Phi) is 6.02. The summed E-state index contributed by atoms with van der Waals surface area (Å²) in [5.41, 5.74) is 13.1. The predicted octanol–water partition coefficient (Wildman–Crippen LogP) is 10.0. The molecule has 0 radical (unpaired) electrons. The standard InChI is InChI=1S/C36H38N2/c1-7-36(8-2)30-17-10-9-14-28(30)29-22-25(20-21-31(29)36)35-37-32-18-11-12-19-33(32)38(35)34-26(23(3)4)15-13-16-27(34)24(5)6/h9-24H,7-8H2,1-6H3. The SMILES string of the molecule is CCC1(CC)c2ccccc2-c2cc(-c3nc4ccccc4n3-c3c(C(C)C)cccc3C(C)C)ccc21. The second-order valence-electron chi connectivity index (χ2n) is 11.4. The van der Waals surface area contributed by atoms with Crippen molar-refractivity contribution < 1.29 is 0 Å². The molecular formula is C36H38N2. The molecule has 1 aromatic heterocycles. The number of aromatic nitrogens is 2. The average Bonchev–Trinajstić information content (AvgIpc) is 3.46. The molecule has 0 atom stereocenters. The fraction of sp³-hybridized carbons (Fsp3) is 0.306. The molecule has 2 nitrogen and oxygen atoms in total. The van der Waals surface area contributed by atoms with Crippen LogP contribution in [0.25, 0.3) is 39.2 Å². The van der Waals surface area contributed by atoms with Crippen LogP contribution in [0.2, 0.25) is 0 Å². The number of hydrogen-bond acceptors (Lipinski definition) is 1. The highest BCUT2D eigenvalue weighted by Gasteiger charge is 2.40. The molecule has 192 valence electrons. The van der Waals surface area contributed by atoms with Gasteiger partial charge in [0.05, 0.1) is 16.7 Å². The van der Waals surface area contributed by atoms with Crippen molar-refractivity contribution in [1.29, 1.82) is 0 Å². The summed E-state index contributed by atoms with van der Waals surface area (Å²) in [4.78, 5) is 5.28. The van der Waals surface area contributed by atoms with E-state index in [2.05, 4.69) is 131 Å². The van der Waals surface area contributed by atoms with Gasteiger partial charge in [-0.15, -0.1) is 0 Å². The van der Waals surface area contributed by atoms with Gasteiger partial charge in [-0.1, -0.05) is 108 Å². The van der Waals surface area contributed by atoms with E-state index in [9.17, 15) is 0 Å². The molecule has 0 saturated carbocycles. The molecule has 6 rings (SSSR count). The Morgan fingerprint density at radius 1 is 0.684 bits per heavy atom. The molecule has 0 saturated heterocycles. The maximum atomic E-state index is 5.28. The third-order valence-corrected chi connectivity index (χ3v) is 8.86. The van der Waals surface area contributed by atoms with Crippen molar-refractivity contribution in [3.05, 3.63) is 107 Å². The highest BCUT2D eigenvalue weighted by molar-refractivity contribution is 5.88. The fourth-order valence-corrected chi connectivity index (χ4v) is 6.83. The maximum absolute atomic E-state index is 5.28. The zero-order chi connectivity index (χ0) is 26.6. The Hall–Kier alpha value is -3.65. The van der Waals surface area contributed by atoms with Crippen molar-refractivity contribution in [2.75, 3.05) is 0 Å². The van der Waals surface area contributed by atoms with Gasteiger partial charge in [0, 0.05) is 11.0 Å². The van der Waals surface area contributed by atoms with Gasteiger partial charge in [0.15, 0.2) is 0 Å². The lowest BCUT2D eigenvalue weighted by Crippen LogP contribution is -2.22. The normalized spacial score (nSPS) is 13.9. The number of para-hydroxylation sites is 3. The lowest BCUT2D eigenvalue weighted by molar-refractivity contribution is 0.490. The van der Waals surface area contributed by atoms with E-state index in [1.165, 1.54) is 44.6 Å². The number of nitrogens with zero attached hydrogens (tertiary/aromatic N) is 2. The minimum atomic E-state index is 0.0830. The van der Waals surface area contributed by atoms with Gasteiger partial charge in [-0.3, -0.25) is 4.57 Å². The summed E-state index contributed by atoms with van der Waals surface area (Å²) < 4.78 is 2.44. The third kappa shape index (κ3) is 3.50. The van der Waals surface area contributed by atoms with Crippen molar-refractivity contribution >= 4 is 11.0 Å². The molecule has 38 heavy (non-hydrogen) atoms. The van der Waals surface area contributed by atoms with Crippen molar-refractivity contribution in [1.82, 2.24) is 9.55 Å². The van der Waals surface area contributed by atoms with Crippen LogP contribution in [0.5, 0.6) is 0 Å². The van der Waals surface area contributed by atoms with Crippen molar-refractivity contribution in [3.8, 4) is 28.2 Å². The van der Waals surface area contributed by atoms with E-state index < -0.39 is 0 Å². The molecule has 1 aliphatic rings. The monoisotopic (exact) mass is 498 g/mol. The largest absolute Gasteiger partial charge is 0.292 e. The first-order valence-electron chi connectivity index (χ1n) is 14.3. The minimum absolute atomic E-state index is 0.0830. The minimum Gasteiger partial charge on any atom is -0.292 e. The molecule has 0 bridgehead atoms. The van der Waals surface area contributed by atoms with Gasteiger partial charge < -0.3 is 0 Å². The lowest BCUT2D eigenvalue weighted by atomic mass is 9.74. The summed E-state index contributed by atoms with van der Waals surface area (Å²) in [6.07, 6.45) is 2.20. The summed E-state index contributed by atoms with van der Waals surface area (Å²) in [6, 6.07) is 31.5.